The summed E-state index contributed by atoms with van der Waals surface area (Å²) in [6.07, 6.45) is -1.76. The monoisotopic (exact) mass is 144 g/mol. The van der Waals surface area contributed by atoms with E-state index in [0.29, 0.717) is 0 Å². The van der Waals surface area contributed by atoms with Gasteiger partial charge in [-0.05, 0) is 13.8 Å². The Morgan fingerprint density at radius 2 is 2.00 bits per heavy atom. The average Bonchev–Trinajstić information content (AvgIpc) is 1.95. The Morgan fingerprint density at radius 1 is 1.50 bits per heavy atom. The molecule has 1 saturated heterocycles. The van der Waals surface area contributed by atoms with Crippen LogP contribution in [-0.2, 0) is 4.74 Å². The van der Waals surface area contributed by atoms with Crippen LogP contribution in [0, 0.1) is 0 Å². The third kappa shape index (κ3) is 1.07. The lowest BCUT2D eigenvalue weighted by atomic mass is 9.78. The van der Waals surface area contributed by atoms with Gasteiger partial charge in [-0.3, -0.25) is 0 Å². The minimum atomic E-state index is -0.762. The van der Waals surface area contributed by atoms with Crippen LogP contribution in [0.5, 0.6) is 0 Å². The van der Waals surface area contributed by atoms with Crippen molar-refractivity contribution in [1.29, 1.82) is 0 Å². The quantitative estimate of drug-likeness (QED) is 0.406. The summed E-state index contributed by atoms with van der Waals surface area (Å²) in [5.41, 5.74) is -0.598. The molecule has 58 valence electrons. The molecule has 10 heavy (non-hydrogen) atoms. The standard InChI is InChI=1S/C6H13BO3/c1-3-4(8)5(9)6(2,7)10-3/h3-5,8-9H,7H2,1-2H3/t3?,4-,5-,6-/m1/s1. The summed E-state index contributed by atoms with van der Waals surface area (Å²) in [5.74, 6) is 0. The first-order valence-corrected chi connectivity index (χ1v) is 3.49. The maximum atomic E-state index is 9.32. The molecule has 1 fully saturated rings. The third-order valence-electron chi connectivity index (χ3n) is 2.01. The van der Waals surface area contributed by atoms with Crippen LogP contribution >= 0.6 is 0 Å². The second-order valence-electron chi connectivity index (χ2n) is 3.36. The van der Waals surface area contributed by atoms with E-state index in [-0.39, 0.29) is 6.10 Å². The summed E-state index contributed by atoms with van der Waals surface area (Å²) in [4.78, 5) is 0. The first-order valence-electron chi connectivity index (χ1n) is 3.49. The van der Waals surface area contributed by atoms with Gasteiger partial charge in [0.2, 0.25) is 0 Å². The summed E-state index contributed by atoms with van der Waals surface area (Å²) in [5, 5.41) is 18.5. The highest BCUT2D eigenvalue weighted by atomic mass is 16.6. The first-order chi connectivity index (χ1) is 4.45. The van der Waals surface area contributed by atoms with Gasteiger partial charge in [-0.2, -0.15) is 0 Å². The number of ether oxygens (including phenoxy) is 1. The molecule has 1 rings (SSSR count). The molecular weight excluding hydrogens is 131 g/mol. The van der Waals surface area contributed by atoms with Crippen molar-refractivity contribution in [3.63, 3.8) is 0 Å². The van der Waals surface area contributed by atoms with Crippen LogP contribution in [0.25, 0.3) is 0 Å². The van der Waals surface area contributed by atoms with E-state index in [9.17, 15) is 10.2 Å². The SMILES string of the molecule is B[C@]1(C)OC(C)[C@@H](O)[C@H]1O. The van der Waals surface area contributed by atoms with Gasteiger partial charge >= 0.3 is 0 Å². The Morgan fingerprint density at radius 3 is 2.10 bits per heavy atom. The molecule has 0 radical (unpaired) electrons. The van der Waals surface area contributed by atoms with Crippen LogP contribution in [-0.4, -0.2) is 41.9 Å². The van der Waals surface area contributed by atoms with Gasteiger partial charge in [-0.15, -0.1) is 0 Å². The zero-order valence-corrected chi connectivity index (χ0v) is 6.53. The van der Waals surface area contributed by atoms with Crippen molar-refractivity contribution >= 4 is 7.85 Å². The van der Waals surface area contributed by atoms with Gasteiger partial charge in [-0.25, -0.2) is 0 Å². The zero-order chi connectivity index (χ0) is 7.94. The van der Waals surface area contributed by atoms with E-state index in [1.165, 1.54) is 0 Å². The molecule has 1 aliphatic heterocycles. The zero-order valence-electron chi connectivity index (χ0n) is 6.53. The molecule has 0 amide bonds. The fourth-order valence-corrected chi connectivity index (χ4v) is 1.29. The van der Waals surface area contributed by atoms with Crippen LogP contribution < -0.4 is 0 Å². The van der Waals surface area contributed by atoms with Crippen molar-refractivity contribution in [3.05, 3.63) is 0 Å². The van der Waals surface area contributed by atoms with Crippen molar-refractivity contribution < 1.29 is 14.9 Å². The predicted octanol–water partition coefficient (Wildman–Crippen LogP) is -1.52. The number of hydrogen-bond donors (Lipinski definition) is 2. The van der Waals surface area contributed by atoms with Crippen LogP contribution in [0.3, 0.4) is 0 Å². The fourth-order valence-electron chi connectivity index (χ4n) is 1.29. The van der Waals surface area contributed by atoms with Gasteiger partial charge < -0.3 is 14.9 Å². The molecule has 0 saturated carbocycles. The molecular formula is C6H13BO3. The predicted molar refractivity (Wildman–Crippen MR) is 39.5 cm³/mol. The van der Waals surface area contributed by atoms with Crippen LogP contribution in [0.15, 0.2) is 0 Å². The number of hydrogen-bond acceptors (Lipinski definition) is 3. The van der Waals surface area contributed by atoms with Gasteiger partial charge in [0.1, 0.15) is 20.1 Å². The maximum absolute atomic E-state index is 9.32. The lowest BCUT2D eigenvalue weighted by Crippen LogP contribution is -2.40. The Hall–Kier alpha value is -0.0551. The smallest absolute Gasteiger partial charge is 0.146 e. The van der Waals surface area contributed by atoms with E-state index in [4.69, 9.17) is 4.74 Å². The van der Waals surface area contributed by atoms with E-state index >= 15 is 0 Å². The van der Waals surface area contributed by atoms with Gasteiger partial charge in [-0.1, -0.05) is 0 Å². The van der Waals surface area contributed by atoms with Crippen LogP contribution in [0.1, 0.15) is 13.8 Å². The summed E-state index contributed by atoms with van der Waals surface area (Å²) in [6.45, 7) is 3.52. The Bertz CT molecular complexity index is 137. The topological polar surface area (TPSA) is 49.7 Å². The molecule has 4 heteroatoms. The Balaban J connectivity index is 2.71. The van der Waals surface area contributed by atoms with E-state index in [1.807, 2.05) is 0 Å². The maximum Gasteiger partial charge on any atom is 0.146 e. The second kappa shape index (κ2) is 2.22. The molecule has 0 aromatic carbocycles. The highest BCUT2D eigenvalue weighted by Gasteiger charge is 2.45. The summed E-state index contributed by atoms with van der Waals surface area (Å²) < 4.78 is 5.27. The second-order valence-corrected chi connectivity index (χ2v) is 3.36. The summed E-state index contributed by atoms with van der Waals surface area (Å²) in [6, 6.07) is 0. The highest BCUT2D eigenvalue weighted by molar-refractivity contribution is 6.15. The molecule has 0 aromatic rings. The van der Waals surface area contributed by atoms with Gasteiger partial charge in [0.25, 0.3) is 0 Å². The molecule has 1 unspecified atom stereocenters. The number of aliphatic hydroxyl groups excluding tert-OH is 2. The Labute approximate surface area is 61.4 Å². The van der Waals surface area contributed by atoms with E-state index in [1.54, 1.807) is 21.7 Å². The lowest BCUT2D eigenvalue weighted by Gasteiger charge is -2.21. The van der Waals surface area contributed by atoms with Crippen molar-refractivity contribution in [2.75, 3.05) is 0 Å². The number of rotatable bonds is 0. The molecule has 1 aliphatic rings. The molecule has 1 heterocycles. The minimum Gasteiger partial charge on any atom is -0.388 e. The van der Waals surface area contributed by atoms with Crippen LogP contribution in [0.4, 0.5) is 0 Å². The average molecular weight is 144 g/mol. The molecule has 2 N–H and O–H groups in total. The molecule has 0 spiro atoms. The van der Waals surface area contributed by atoms with E-state index in [0.717, 1.165) is 0 Å². The molecule has 0 bridgehead atoms. The number of aliphatic hydroxyl groups is 2. The van der Waals surface area contributed by atoms with Gasteiger partial charge in [0.05, 0.1) is 11.6 Å². The van der Waals surface area contributed by atoms with Gasteiger partial charge in [0, 0.05) is 0 Å². The highest BCUT2D eigenvalue weighted by Crippen LogP contribution is 2.27. The molecule has 4 atom stereocenters. The summed E-state index contributed by atoms with van der Waals surface area (Å²) in [7, 11) is 1.77. The largest absolute Gasteiger partial charge is 0.388 e. The summed E-state index contributed by atoms with van der Waals surface area (Å²) >= 11 is 0. The Kier molecular flexibility index (Phi) is 1.79. The van der Waals surface area contributed by atoms with Crippen molar-refractivity contribution in [1.82, 2.24) is 0 Å². The molecule has 3 nitrogen and oxygen atoms in total. The normalized spacial score (nSPS) is 55.4. The van der Waals surface area contributed by atoms with Gasteiger partial charge in [0.15, 0.2) is 0 Å². The van der Waals surface area contributed by atoms with Crippen molar-refractivity contribution in [3.8, 4) is 0 Å². The fraction of sp³-hybridized carbons (Fsp3) is 1.00. The van der Waals surface area contributed by atoms with E-state index in [2.05, 4.69) is 0 Å². The molecule has 0 aromatic heterocycles. The minimum absolute atomic E-state index is 0.259. The molecule has 0 aliphatic carbocycles. The van der Waals surface area contributed by atoms with Crippen LogP contribution in [0.2, 0.25) is 0 Å². The lowest BCUT2D eigenvalue weighted by molar-refractivity contribution is -0.00434. The van der Waals surface area contributed by atoms with Crippen molar-refractivity contribution in [2.45, 2.75) is 37.7 Å². The van der Waals surface area contributed by atoms with E-state index < -0.39 is 17.7 Å². The first kappa shape index (κ1) is 8.05. The third-order valence-corrected chi connectivity index (χ3v) is 2.01. The van der Waals surface area contributed by atoms with Crippen molar-refractivity contribution in [2.24, 2.45) is 0 Å².